The maximum absolute atomic E-state index is 3.63. The molecule has 1 radical (unpaired) electrons. The third-order valence-corrected chi connectivity index (χ3v) is 8.07. The first-order chi connectivity index (χ1) is 16.5. The van der Waals surface area contributed by atoms with Gasteiger partial charge in [-0.2, -0.15) is 0 Å². The first-order valence-corrected chi connectivity index (χ1v) is 12.9. The SMILES string of the molecule is Cc1c[c]c([C@H](CSC(c2ccccc2)(c2ccccc2)c2ccccc2)CN(C)C)c(C)c1. The fraction of sp³-hybridized carbons (Fsp3) is 0.250. The number of hydrogen-bond acceptors (Lipinski definition) is 2. The standard InChI is InChI=1S/C32H34NS/c1-25-20-21-31(26(2)22-25)27(23-33(3)4)24-34-32(28-14-8-5-9-15-28,29-16-10-6-11-17-29)30-18-12-7-13-19-30/h5-20,22,27H,23-24H2,1-4H3/t27-/m0/s1. The van der Waals surface area contributed by atoms with Crippen molar-refractivity contribution < 1.29 is 0 Å². The van der Waals surface area contributed by atoms with Gasteiger partial charge in [0, 0.05) is 18.2 Å². The number of aryl methyl sites for hydroxylation is 2. The maximum atomic E-state index is 3.63. The predicted octanol–water partition coefficient (Wildman–Crippen LogP) is 7.47. The van der Waals surface area contributed by atoms with Gasteiger partial charge in [0.15, 0.2) is 0 Å². The highest BCUT2D eigenvalue weighted by molar-refractivity contribution is 8.00. The van der Waals surface area contributed by atoms with Crippen molar-refractivity contribution in [3.05, 3.63) is 143 Å². The van der Waals surface area contributed by atoms with Gasteiger partial charge in [-0.25, -0.2) is 0 Å². The van der Waals surface area contributed by atoms with Crippen LogP contribution in [0, 0.1) is 19.9 Å². The summed E-state index contributed by atoms with van der Waals surface area (Å²) in [5.74, 6) is 1.35. The number of likely N-dealkylation sites (N-methyl/N-ethyl adjacent to an activating group) is 1. The molecule has 34 heavy (non-hydrogen) atoms. The normalized spacial score (nSPS) is 12.6. The van der Waals surface area contributed by atoms with E-state index < -0.39 is 0 Å². The van der Waals surface area contributed by atoms with Crippen molar-refractivity contribution >= 4 is 11.8 Å². The second kappa shape index (κ2) is 11.1. The van der Waals surface area contributed by atoms with E-state index in [1.165, 1.54) is 33.4 Å². The first kappa shape index (κ1) is 24.3. The second-order valence-electron chi connectivity index (χ2n) is 9.32. The number of hydrogen-bond donors (Lipinski definition) is 0. The zero-order chi connectivity index (χ0) is 24.0. The average Bonchev–Trinajstić information content (AvgIpc) is 2.86. The van der Waals surface area contributed by atoms with Gasteiger partial charge in [-0.15, -0.1) is 11.8 Å². The molecule has 1 nitrogen and oxygen atoms in total. The molecule has 1 atom stereocenters. The fourth-order valence-corrected chi connectivity index (χ4v) is 6.50. The fourth-order valence-electron chi connectivity index (χ4n) is 4.87. The Balaban J connectivity index is 1.83. The van der Waals surface area contributed by atoms with E-state index in [1.54, 1.807) is 0 Å². The van der Waals surface area contributed by atoms with Crippen LogP contribution in [0.4, 0.5) is 0 Å². The van der Waals surface area contributed by atoms with Crippen LogP contribution < -0.4 is 0 Å². The molecule has 0 saturated heterocycles. The summed E-state index contributed by atoms with van der Waals surface area (Å²) in [5, 5.41) is 0. The molecule has 0 amide bonds. The minimum Gasteiger partial charge on any atom is -0.309 e. The van der Waals surface area contributed by atoms with Crippen molar-refractivity contribution in [3.8, 4) is 0 Å². The van der Waals surface area contributed by atoms with Crippen LogP contribution in [0.15, 0.2) is 103 Å². The Labute approximate surface area is 209 Å². The van der Waals surface area contributed by atoms with Gasteiger partial charge < -0.3 is 4.90 Å². The van der Waals surface area contributed by atoms with E-state index in [1.807, 2.05) is 11.8 Å². The minimum atomic E-state index is -0.299. The highest BCUT2D eigenvalue weighted by Gasteiger charge is 2.37. The lowest BCUT2D eigenvalue weighted by molar-refractivity contribution is 0.384. The third-order valence-electron chi connectivity index (χ3n) is 6.36. The van der Waals surface area contributed by atoms with Gasteiger partial charge in [0.05, 0.1) is 4.75 Å². The summed E-state index contributed by atoms with van der Waals surface area (Å²) in [6.45, 7) is 5.36. The highest BCUT2D eigenvalue weighted by atomic mass is 32.2. The molecule has 173 valence electrons. The van der Waals surface area contributed by atoms with Crippen LogP contribution in [-0.4, -0.2) is 31.3 Å². The van der Waals surface area contributed by atoms with Gasteiger partial charge in [-0.1, -0.05) is 109 Å². The third kappa shape index (κ3) is 5.29. The predicted molar refractivity (Wildman–Crippen MR) is 148 cm³/mol. The molecule has 0 aliphatic rings. The van der Waals surface area contributed by atoms with Crippen molar-refractivity contribution in [2.24, 2.45) is 0 Å². The van der Waals surface area contributed by atoms with Crippen molar-refractivity contribution in [3.63, 3.8) is 0 Å². The van der Waals surface area contributed by atoms with Gasteiger partial charge in [-0.3, -0.25) is 0 Å². The summed E-state index contributed by atoms with van der Waals surface area (Å²) < 4.78 is -0.299. The zero-order valence-corrected chi connectivity index (χ0v) is 21.5. The van der Waals surface area contributed by atoms with Crippen LogP contribution in [0.5, 0.6) is 0 Å². The van der Waals surface area contributed by atoms with Crippen molar-refractivity contribution in [1.29, 1.82) is 0 Å². The Morgan fingerprint density at radius 2 is 1.24 bits per heavy atom. The molecule has 4 aromatic rings. The largest absolute Gasteiger partial charge is 0.309 e. The van der Waals surface area contributed by atoms with Crippen LogP contribution in [-0.2, 0) is 4.75 Å². The number of rotatable bonds is 9. The van der Waals surface area contributed by atoms with Crippen LogP contribution >= 0.6 is 11.8 Å². The van der Waals surface area contributed by atoms with E-state index in [2.05, 4.69) is 142 Å². The molecule has 0 fully saturated rings. The minimum absolute atomic E-state index is 0.299. The number of thioether (sulfide) groups is 1. The molecular weight excluding hydrogens is 430 g/mol. The summed E-state index contributed by atoms with van der Waals surface area (Å²) in [4.78, 5) is 2.30. The molecule has 0 aliphatic heterocycles. The van der Waals surface area contributed by atoms with Crippen LogP contribution in [0.3, 0.4) is 0 Å². The Morgan fingerprint density at radius 3 is 1.65 bits per heavy atom. The first-order valence-electron chi connectivity index (χ1n) is 11.9. The summed E-state index contributed by atoms with van der Waals surface area (Å²) in [6.07, 6.45) is 0. The maximum Gasteiger partial charge on any atom is 0.0907 e. The van der Waals surface area contributed by atoms with E-state index >= 15 is 0 Å². The Hall–Kier alpha value is -2.81. The molecule has 0 unspecified atom stereocenters. The zero-order valence-electron chi connectivity index (χ0n) is 20.7. The molecule has 0 aromatic heterocycles. The Kier molecular flexibility index (Phi) is 7.92. The van der Waals surface area contributed by atoms with E-state index in [0.29, 0.717) is 5.92 Å². The quantitative estimate of drug-likeness (QED) is 0.236. The molecule has 0 spiro atoms. The van der Waals surface area contributed by atoms with Gasteiger partial charge in [-0.05, 0) is 61.8 Å². The van der Waals surface area contributed by atoms with E-state index in [4.69, 9.17) is 0 Å². The molecule has 4 rings (SSSR count). The molecule has 2 heteroatoms. The molecule has 4 aromatic carbocycles. The lowest BCUT2D eigenvalue weighted by atomic mass is 9.84. The molecular formula is C32H34NS. The van der Waals surface area contributed by atoms with E-state index in [0.717, 1.165) is 12.3 Å². The Bertz CT molecular complexity index is 1070. The van der Waals surface area contributed by atoms with E-state index in [9.17, 15) is 0 Å². The second-order valence-corrected chi connectivity index (χ2v) is 10.6. The monoisotopic (exact) mass is 464 g/mol. The average molecular weight is 465 g/mol. The van der Waals surface area contributed by atoms with Gasteiger partial charge >= 0.3 is 0 Å². The van der Waals surface area contributed by atoms with Crippen LogP contribution in [0.1, 0.15) is 39.3 Å². The lowest BCUT2D eigenvalue weighted by Crippen LogP contribution is -2.29. The Morgan fingerprint density at radius 1 is 0.765 bits per heavy atom. The smallest absolute Gasteiger partial charge is 0.0907 e. The molecule has 0 heterocycles. The van der Waals surface area contributed by atoms with Crippen molar-refractivity contribution in [1.82, 2.24) is 4.90 Å². The van der Waals surface area contributed by atoms with Gasteiger partial charge in [0.25, 0.3) is 0 Å². The lowest BCUT2D eigenvalue weighted by Gasteiger charge is -2.37. The highest BCUT2D eigenvalue weighted by Crippen LogP contribution is 2.49. The van der Waals surface area contributed by atoms with Crippen LogP contribution in [0.2, 0.25) is 0 Å². The molecule has 0 N–H and O–H groups in total. The van der Waals surface area contributed by atoms with Crippen molar-refractivity contribution in [2.45, 2.75) is 24.5 Å². The van der Waals surface area contributed by atoms with Gasteiger partial charge in [0.1, 0.15) is 0 Å². The summed E-state index contributed by atoms with van der Waals surface area (Å²) in [6, 6.07) is 41.0. The summed E-state index contributed by atoms with van der Waals surface area (Å²) in [7, 11) is 4.33. The number of benzene rings is 4. The summed E-state index contributed by atoms with van der Waals surface area (Å²) in [5.41, 5.74) is 7.86. The van der Waals surface area contributed by atoms with Crippen molar-refractivity contribution in [2.75, 3.05) is 26.4 Å². The van der Waals surface area contributed by atoms with E-state index in [-0.39, 0.29) is 4.75 Å². The summed E-state index contributed by atoms with van der Waals surface area (Å²) >= 11 is 2.04. The van der Waals surface area contributed by atoms with Gasteiger partial charge in [0.2, 0.25) is 0 Å². The molecule has 0 aliphatic carbocycles. The number of nitrogens with zero attached hydrogens (tertiary/aromatic N) is 1. The molecule has 0 saturated carbocycles. The topological polar surface area (TPSA) is 3.24 Å². The molecule has 0 bridgehead atoms. The van der Waals surface area contributed by atoms with Crippen LogP contribution in [0.25, 0.3) is 0 Å².